The van der Waals surface area contributed by atoms with Gasteiger partial charge in [0.15, 0.2) is 5.03 Å². The van der Waals surface area contributed by atoms with Crippen LogP contribution >= 0.6 is 0 Å². The third-order valence-corrected chi connectivity index (χ3v) is 4.72. The molecule has 6 nitrogen and oxygen atoms in total. The van der Waals surface area contributed by atoms with E-state index in [9.17, 15) is 8.42 Å². The van der Waals surface area contributed by atoms with Gasteiger partial charge in [-0.15, -0.1) is 0 Å². The largest absolute Gasteiger partial charge is 0.316 e. The maximum atomic E-state index is 12.5. The third kappa shape index (κ3) is 3.09. The van der Waals surface area contributed by atoms with E-state index in [4.69, 9.17) is 0 Å². The zero-order chi connectivity index (χ0) is 13.8. The van der Waals surface area contributed by atoms with Crippen molar-refractivity contribution < 1.29 is 8.42 Å². The van der Waals surface area contributed by atoms with E-state index in [0.29, 0.717) is 18.7 Å². The molecule has 18 heavy (non-hydrogen) atoms. The van der Waals surface area contributed by atoms with E-state index in [1.54, 1.807) is 13.2 Å². The van der Waals surface area contributed by atoms with Crippen molar-refractivity contribution >= 4 is 10.0 Å². The number of aromatic nitrogens is 2. The molecule has 2 N–H and O–H groups in total. The zero-order valence-corrected chi connectivity index (χ0v) is 12.2. The summed E-state index contributed by atoms with van der Waals surface area (Å²) in [5, 5.41) is 9.58. The average Bonchev–Trinajstić information content (AvgIpc) is 2.74. The Bertz CT molecular complexity index is 467. The van der Waals surface area contributed by atoms with Gasteiger partial charge in [-0.3, -0.25) is 5.10 Å². The molecular formula is C11H22N4O2S. The molecule has 0 unspecified atom stereocenters. The minimum atomic E-state index is -3.50. The minimum absolute atomic E-state index is 0.0688. The van der Waals surface area contributed by atoms with Crippen molar-refractivity contribution in [2.75, 3.05) is 13.6 Å². The Morgan fingerprint density at radius 3 is 2.67 bits per heavy atom. The molecule has 1 rings (SSSR count). The van der Waals surface area contributed by atoms with Crippen LogP contribution in [-0.2, 0) is 16.6 Å². The van der Waals surface area contributed by atoms with Gasteiger partial charge in [0.2, 0.25) is 0 Å². The number of sulfonamides is 1. The van der Waals surface area contributed by atoms with E-state index in [1.807, 2.05) is 20.8 Å². The number of aromatic amines is 1. The molecule has 1 heterocycles. The summed E-state index contributed by atoms with van der Waals surface area (Å²) in [4.78, 5) is 0. The Kier molecular flexibility index (Phi) is 5.30. The molecule has 0 atom stereocenters. The second-order valence-corrected chi connectivity index (χ2v) is 6.29. The highest BCUT2D eigenvalue weighted by Gasteiger charge is 2.29. The van der Waals surface area contributed by atoms with Gasteiger partial charge in [0.1, 0.15) is 0 Å². The van der Waals surface area contributed by atoms with Crippen molar-refractivity contribution in [3.8, 4) is 0 Å². The monoisotopic (exact) mass is 274 g/mol. The number of rotatable bonds is 7. The fraction of sp³-hybridized carbons (Fsp3) is 0.727. The fourth-order valence-corrected chi connectivity index (χ4v) is 3.67. The Morgan fingerprint density at radius 2 is 2.17 bits per heavy atom. The maximum Gasteiger partial charge on any atom is 0.260 e. The van der Waals surface area contributed by atoms with Gasteiger partial charge in [-0.05, 0) is 27.3 Å². The standard InChI is InChI=1S/C11H22N4O2S/c1-5-6-15(9(2)3)18(16,17)11-10(7-12-4)8-13-14-11/h8-9,12H,5-7H2,1-4H3,(H,13,14). The molecule has 0 aliphatic rings. The summed E-state index contributed by atoms with van der Waals surface area (Å²) in [6.07, 6.45) is 2.33. The maximum absolute atomic E-state index is 12.5. The van der Waals surface area contributed by atoms with Gasteiger partial charge < -0.3 is 5.32 Å². The molecule has 0 amide bonds. The van der Waals surface area contributed by atoms with E-state index in [1.165, 1.54) is 4.31 Å². The topological polar surface area (TPSA) is 78.1 Å². The van der Waals surface area contributed by atoms with Crippen LogP contribution in [0.3, 0.4) is 0 Å². The van der Waals surface area contributed by atoms with Crippen molar-refractivity contribution in [1.29, 1.82) is 0 Å². The van der Waals surface area contributed by atoms with Gasteiger partial charge in [0, 0.05) is 24.7 Å². The molecule has 104 valence electrons. The summed E-state index contributed by atoms with van der Waals surface area (Å²) >= 11 is 0. The lowest BCUT2D eigenvalue weighted by Crippen LogP contribution is -2.38. The Hall–Kier alpha value is -0.920. The molecule has 0 aliphatic heterocycles. The van der Waals surface area contributed by atoms with Crippen LogP contribution in [0.4, 0.5) is 0 Å². The molecule has 1 aromatic rings. The average molecular weight is 274 g/mol. The normalized spacial score (nSPS) is 12.6. The molecule has 0 fully saturated rings. The van der Waals surface area contributed by atoms with E-state index >= 15 is 0 Å². The molecule has 7 heteroatoms. The summed E-state index contributed by atoms with van der Waals surface area (Å²) in [6, 6.07) is -0.0688. The van der Waals surface area contributed by atoms with Crippen LogP contribution in [0.2, 0.25) is 0 Å². The first-order valence-electron chi connectivity index (χ1n) is 6.13. The highest BCUT2D eigenvalue weighted by atomic mass is 32.2. The lowest BCUT2D eigenvalue weighted by atomic mass is 10.3. The molecule has 0 saturated heterocycles. The molecule has 0 aliphatic carbocycles. The Labute approximate surface area is 109 Å². The Balaban J connectivity index is 3.14. The summed E-state index contributed by atoms with van der Waals surface area (Å²) < 4.78 is 26.6. The van der Waals surface area contributed by atoms with Crippen LogP contribution in [0, 0.1) is 0 Å². The number of H-pyrrole nitrogens is 1. The summed E-state index contributed by atoms with van der Waals surface area (Å²) in [7, 11) is -1.72. The van der Waals surface area contributed by atoms with E-state index in [0.717, 1.165) is 6.42 Å². The lowest BCUT2D eigenvalue weighted by molar-refractivity contribution is 0.352. The van der Waals surface area contributed by atoms with Crippen LogP contribution in [0.5, 0.6) is 0 Å². The predicted molar refractivity (Wildman–Crippen MR) is 70.7 cm³/mol. The molecule has 0 bridgehead atoms. The second-order valence-electron chi connectivity index (χ2n) is 4.46. The van der Waals surface area contributed by atoms with Gasteiger partial charge in [-0.2, -0.15) is 9.40 Å². The quantitative estimate of drug-likeness (QED) is 0.775. The number of hydrogen-bond donors (Lipinski definition) is 2. The van der Waals surface area contributed by atoms with Gasteiger partial charge >= 0.3 is 0 Å². The SMILES string of the molecule is CCCN(C(C)C)S(=O)(=O)c1[nH]ncc1CNC. The lowest BCUT2D eigenvalue weighted by Gasteiger charge is -2.25. The van der Waals surface area contributed by atoms with Crippen molar-refractivity contribution in [3.05, 3.63) is 11.8 Å². The van der Waals surface area contributed by atoms with Crippen LogP contribution in [0.25, 0.3) is 0 Å². The Morgan fingerprint density at radius 1 is 1.50 bits per heavy atom. The smallest absolute Gasteiger partial charge is 0.260 e. The molecule has 0 saturated carbocycles. The van der Waals surface area contributed by atoms with Gasteiger partial charge in [-0.25, -0.2) is 8.42 Å². The summed E-state index contributed by atoms with van der Waals surface area (Å²) in [6.45, 7) is 6.70. The van der Waals surface area contributed by atoms with E-state index < -0.39 is 10.0 Å². The van der Waals surface area contributed by atoms with E-state index in [-0.39, 0.29) is 11.1 Å². The number of nitrogens with one attached hydrogen (secondary N) is 2. The second kappa shape index (κ2) is 6.31. The molecule has 0 aromatic carbocycles. The van der Waals surface area contributed by atoms with Crippen LogP contribution in [0.15, 0.2) is 11.2 Å². The first kappa shape index (κ1) is 15.1. The summed E-state index contributed by atoms with van der Waals surface area (Å²) in [5.41, 5.74) is 0.666. The third-order valence-electron chi connectivity index (χ3n) is 2.63. The predicted octanol–water partition coefficient (Wildman–Crippen LogP) is 0.938. The summed E-state index contributed by atoms with van der Waals surface area (Å²) in [5.74, 6) is 0. The highest BCUT2D eigenvalue weighted by Crippen LogP contribution is 2.19. The van der Waals surface area contributed by atoms with Crippen LogP contribution in [0.1, 0.15) is 32.8 Å². The van der Waals surface area contributed by atoms with Gasteiger partial charge in [0.05, 0.1) is 6.20 Å². The molecule has 0 radical (unpaired) electrons. The first-order valence-corrected chi connectivity index (χ1v) is 7.57. The molecule has 0 spiro atoms. The fourth-order valence-electron chi connectivity index (χ4n) is 1.83. The first-order chi connectivity index (χ1) is 8.45. The number of hydrogen-bond acceptors (Lipinski definition) is 4. The van der Waals surface area contributed by atoms with Gasteiger partial charge in [-0.1, -0.05) is 6.92 Å². The number of nitrogens with zero attached hydrogens (tertiary/aromatic N) is 2. The highest BCUT2D eigenvalue weighted by molar-refractivity contribution is 7.89. The van der Waals surface area contributed by atoms with Crippen molar-refractivity contribution in [2.24, 2.45) is 0 Å². The van der Waals surface area contributed by atoms with Gasteiger partial charge in [0.25, 0.3) is 10.0 Å². The van der Waals surface area contributed by atoms with Crippen molar-refractivity contribution in [3.63, 3.8) is 0 Å². The molecule has 1 aromatic heterocycles. The van der Waals surface area contributed by atoms with Crippen LogP contribution in [-0.4, -0.2) is 42.6 Å². The zero-order valence-electron chi connectivity index (χ0n) is 11.4. The van der Waals surface area contributed by atoms with E-state index in [2.05, 4.69) is 15.5 Å². The minimum Gasteiger partial charge on any atom is -0.316 e. The van der Waals surface area contributed by atoms with Crippen molar-refractivity contribution in [2.45, 2.75) is 44.8 Å². The van der Waals surface area contributed by atoms with Crippen LogP contribution < -0.4 is 5.32 Å². The van der Waals surface area contributed by atoms with Crippen molar-refractivity contribution in [1.82, 2.24) is 19.8 Å². The molecular weight excluding hydrogens is 252 g/mol.